The number of nitrogens with zero attached hydrogens (tertiary/aromatic N) is 2. The molecule has 1 amide bonds. The van der Waals surface area contributed by atoms with Crippen molar-refractivity contribution in [2.45, 2.75) is 31.5 Å². The number of halogens is 4. The smallest absolute Gasteiger partial charge is 0.376 e. The molecule has 3 rings (SSSR count). The molecule has 1 unspecified atom stereocenters. The number of hydrogen-bond donors (Lipinski definition) is 1. The number of nitrogens with one attached hydrogen (secondary N) is 1. The molecule has 2 aromatic rings. The summed E-state index contributed by atoms with van der Waals surface area (Å²) in [5, 5.41) is 2.63. The highest BCUT2D eigenvalue weighted by Gasteiger charge is 2.32. The Morgan fingerprint density at radius 2 is 2.25 bits per heavy atom. The highest BCUT2D eigenvalue weighted by molar-refractivity contribution is 6.33. The van der Waals surface area contributed by atoms with Crippen molar-refractivity contribution in [3.05, 3.63) is 34.7 Å². The number of hydrogen-bond acceptors (Lipinski definition) is 3. The normalized spacial score (nSPS) is 18.2. The van der Waals surface area contributed by atoms with E-state index in [4.69, 9.17) is 16.3 Å². The summed E-state index contributed by atoms with van der Waals surface area (Å²) in [7, 11) is 0. The molecule has 0 aromatic carbocycles. The third-order valence-corrected chi connectivity index (χ3v) is 4.05. The molecule has 3 heterocycles. The fourth-order valence-electron chi connectivity index (χ4n) is 2.61. The van der Waals surface area contributed by atoms with E-state index in [9.17, 15) is 18.0 Å². The van der Waals surface area contributed by atoms with Crippen LogP contribution in [0.1, 0.15) is 24.1 Å². The van der Waals surface area contributed by atoms with E-state index in [2.05, 4.69) is 10.3 Å². The lowest BCUT2D eigenvalue weighted by Gasteiger charge is -2.09. The second-order valence-electron chi connectivity index (χ2n) is 5.65. The Balaban J connectivity index is 1.70. The fraction of sp³-hybridized carbons (Fsp3) is 0.467. The monoisotopic (exact) mass is 361 g/mol. The Hall–Kier alpha value is -1.80. The van der Waals surface area contributed by atoms with Crippen molar-refractivity contribution in [3.63, 3.8) is 0 Å². The van der Waals surface area contributed by atoms with E-state index in [-0.39, 0.29) is 29.1 Å². The molecule has 0 radical (unpaired) electrons. The molecule has 1 aliphatic rings. The van der Waals surface area contributed by atoms with Gasteiger partial charge < -0.3 is 14.5 Å². The van der Waals surface area contributed by atoms with Gasteiger partial charge in [0, 0.05) is 25.5 Å². The minimum Gasteiger partial charge on any atom is -0.376 e. The Morgan fingerprint density at radius 1 is 1.46 bits per heavy atom. The Morgan fingerprint density at radius 3 is 2.92 bits per heavy atom. The largest absolute Gasteiger partial charge is 0.417 e. The summed E-state index contributed by atoms with van der Waals surface area (Å²) in [4.78, 5) is 16.1. The number of carbonyl (C=O) groups is 1. The summed E-state index contributed by atoms with van der Waals surface area (Å²) in [6.45, 7) is 1.12. The van der Waals surface area contributed by atoms with Crippen LogP contribution in [0.25, 0.3) is 5.65 Å². The molecule has 9 heteroatoms. The average molecular weight is 362 g/mol. The summed E-state index contributed by atoms with van der Waals surface area (Å²) in [6, 6.07) is 0.825. The number of rotatable bonds is 4. The van der Waals surface area contributed by atoms with Gasteiger partial charge in [-0.1, -0.05) is 11.6 Å². The van der Waals surface area contributed by atoms with Crippen LogP contribution in [0.4, 0.5) is 13.2 Å². The third-order valence-electron chi connectivity index (χ3n) is 3.78. The molecule has 2 aromatic heterocycles. The zero-order chi connectivity index (χ0) is 17.3. The molecular formula is C15H15ClF3N3O2. The number of imidazole rings is 1. The van der Waals surface area contributed by atoms with Gasteiger partial charge in [-0.15, -0.1) is 0 Å². The second-order valence-corrected chi connectivity index (χ2v) is 6.06. The number of pyridine rings is 1. The maximum Gasteiger partial charge on any atom is 0.417 e. The quantitative estimate of drug-likeness (QED) is 0.911. The predicted molar refractivity (Wildman–Crippen MR) is 80.9 cm³/mol. The molecule has 24 heavy (non-hydrogen) atoms. The molecule has 0 spiro atoms. The van der Waals surface area contributed by atoms with E-state index in [1.807, 2.05) is 0 Å². The zero-order valence-corrected chi connectivity index (χ0v) is 13.3. The highest BCUT2D eigenvalue weighted by Crippen LogP contribution is 2.32. The molecule has 1 fully saturated rings. The van der Waals surface area contributed by atoms with E-state index < -0.39 is 11.7 Å². The summed E-state index contributed by atoms with van der Waals surface area (Å²) >= 11 is 5.86. The minimum atomic E-state index is -4.50. The maximum atomic E-state index is 12.8. The molecule has 0 bridgehead atoms. The van der Waals surface area contributed by atoms with Gasteiger partial charge in [-0.3, -0.25) is 4.79 Å². The van der Waals surface area contributed by atoms with Crippen molar-refractivity contribution < 1.29 is 22.7 Å². The third kappa shape index (κ3) is 3.81. The fourth-order valence-corrected chi connectivity index (χ4v) is 2.87. The Kier molecular flexibility index (Phi) is 4.69. The van der Waals surface area contributed by atoms with Crippen molar-refractivity contribution in [3.8, 4) is 0 Å². The van der Waals surface area contributed by atoms with Gasteiger partial charge in [-0.05, 0) is 18.9 Å². The van der Waals surface area contributed by atoms with Crippen LogP contribution in [0.3, 0.4) is 0 Å². The van der Waals surface area contributed by atoms with Crippen molar-refractivity contribution in [1.29, 1.82) is 0 Å². The second kappa shape index (κ2) is 6.60. The van der Waals surface area contributed by atoms with E-state index in [0.29, 0.717) is 18.8 Å². The summed E-state index contributed by atoms with van der Waals surface area (Å²) in [6.07, 6.45) is -0.340. The van der Waals surface area contributed by atoms with Crippen LogP contribution in [-0.4, -0.2) is 34.5 Å². The van der Waals surface area contributed by atoms with Gasteiger partial charge in [0.2, 0.25) is 5.91 Å². The molecule has 1 N–H and O–H groups in total. The molecule has 130 valence electrons. The van der Waals surface area contributed by atoms with Gasteiger partial charge in [0.05, 0.1) is 28.8 Å². The van der Waals surface area contributed by atoms with Crippen molar-refractivity contribution in [1.82, 2.24) is 14.7 Å². The summed E-state index contributed by atoms with van der Waals surface area (Å²) in [5.41, 5.74) is -0.334. The molecular weight excluding hydrogens is 347 g/mol. The van der Waals surface area contributed by atoms with Crippen molar-refractivity contribution in [2.24, 2.45) is 0 Å². The first-order chi connectivity index (χ1) is 11.3. The number of aromatic nitrogens is 2. The average Bonchev–Trinajstić information content (AvgIpc) is 3.13. The van der Waals surface area contributed by atoms with Crippen LogP contribution in [0.5, 0.6) is 0 Å². The number of ether oxygens (including phenoxy) is 1. The standard InChI is InChI=1S/C15H15ClF3N3O2/c16-12-4-9(15(17,18)19)7-22-8-10(21-14(12)22)5-13(23)20-6-11-2-1-3-24-11/h4,7-8,11H,1-3,5-6H2,(H,20,23). The molecule has 1 aliphatic heterocycles. The van der Waals surface area contributed by atoms with Gasteiger partial charge in [0.25, 0.3) is 0 Å². The van der Waals surface area contributed by atoms with Crippen LogP contribution in [-0.2, 0) is 22.1 Å². The molecule has 1 saturated heterocycles. The summed E-state index contributed by atoms with van der Waals surface area (Å²) < 4.78 is 45.0. The van der Waals surface area contributed by atoms with Gasteiger partial charge in [0.1, 0.15) is 0 Å². The van der Waals surface area contributed by atoms with E-state index in [0.717, 1.165) is 25.1 Å². The topological polar surface area (TPSA) is 55.6 Å². The summed E-state index contributed by atoms with van der Waals surface area (Å²) in [5.74, 6) is -0.263. The zero-order valence-electron chi connectivity index (χ0n) is 12.6. The van der Waals surface area contributed by atoms with Crippen LogP contribution in [0.2, 0.25) is 5.02 Å². The number of carbonyl (C=O) groups excluding carboxylic acids is 1. The molecule has 5 nitrogen and oxygen atoms in total. The predicted octanol–water partition coefficient (Wildman–Crippen LogP) is 2.84. The number of fused-ring (bicyclic) bond motifs is 1. The lowest BCUT2D eigenvalue weighted by molar-refractivity contribution is -0.137. The Bertz CT molecular complexity index is 754. The van der Waals surface area contributed by atoms with E-state index in [1.165, 1.54) is 10.6 Å². The lowest BCUT2D eigenvalue weighted by Crippen LogP contribution is -2.32. The minimum absolute atomic E-state index is 0.0267. The first kappa shape index (κ1) is 17.0. The van der Waals surface area contributed by atoms with Crippen molar-refractivity contribution >= 4 is 23.2 Å². The molecule has 0 aliphatic carbocycles. The lowest BCUT2D eigenvalue weighted by atomic mass is 10.2. The van der Waals surface area contributed by atoms with Gasteiger partial charge in [0.15, 0.2) is 5.65 Å². The van der Waals surface area contributed by atoms with E-state index >= 15 is 0 Å². The molecule has 0 saturated carbocycles. The maximum absolute atomic E-state index is 12.8. The molecule has 1 atom stereocenters. The van der Waals surface area contributed by atoms with Crippen LogP contribution < -0.4 is 5.32 Å². The SMILES string of the molecule is O=C(Cc1cn2cc(C(F)(F)F)cc(Cl)c2n1)NCC1CCCO1. The first-order valence-electron chi connectivity index (χ1n) is 7.45. The van der Waals surface area contributed by atoms with Crippen LogP contribution in [0.15, 0.2) is 18.5 Å². The first-order valence-corrected chi connectivity index (χ1v) is 7.83. The van der Waals surface area contributed by atoms with Crippen LogP contribution in [0, 0.1) is 0 Å². The number of alkyl halides is 3. The van der Waals surface area contributed by atoms with Crippen molar-refractivity contribution in [2.75, 3.05) is 13.2 Å². The van der Waals surface area contributed by atoms with Gasteiger partial charge in [-0.25, -0.2) is 4.98 Å². The van der Waals surface area contributed by atoms with Gasteiger partial charge in [-0.2, -0.15) is 13.2 Å². The Labute approximate surface area is 140 Å². The highest BCUT2D eigenvalue weighted by atomic mass is 35.5. The van der Waals surface area contributed by atoms with E-state index in [1.54, 1.807) is 0 Å². The van der Waals surface area contributed by atoms with Gasteiger partial charge >= 0.3 is 6.18 Å². The number of amides is 1. The van der Waals surface area contributed by atoms with Crippen LogP contribution >= 0.6 is 11.6 Å².